The van der Waals surface area contributed by atoms with Crippen molar-refractivity contribution < 1.29 is 9.45 Å². The van der Waals surface area contributed by atoms with Crippen molar-refractivity contribution in [3.63, 3.8) is 0 Å². The number of rotatable bonds is 4. The SMILES string of the molecule is Cc1cnc(NC(C)c2c(C)noc2C)c([N+](=O)[O-])c1. The molecular formula is C13H16N4O3. The van der Waals surface area contributed by atoms with E-state index in [4.69, 9.17) is 4.52 Å². The zero-order chi connectivity index (χ0) is 14.9. The summed E-state index contributed by atoms with van der Waals surface area (Å²) in [5.41, 5.74) is 2.36. The summed E-state index contributed by atoms with van der Waals surface area (Å²) >= 11 is 0. The molecule has 0 spiro atoms. The number of aryl methyl sites for hydroxylation is 3. The summed E-state index contributed by atoms with van der Waals surface area (Å²) in [5, 5.41) is 18.0. The maximum atomic E-state index is 11.1. The predicted molar refractivity (Wildman–Crippen MR) is 73.6 cm³/mol. The Bertz CT molecular complexity index is 632. The first-order chi connectivity index (χ1) is 9.40. The summed E-state index contributed by atoms with van der Waals surface area (Å²) in [7, 11) is 0. The highest BCUT2D eigenvalue weighted by Gasteiger charge is 2.21. The van der Waals surface area contributed by atoms with Crippen molar-refractivity contribution in [2.45, 2.75) is 33.7 Å². The molecule has 2 aromatic rings. The highest BCUT2D eigenvalue weighted by molar-refractivity contribution is 5.57. The van der Waals surface area contributed by atoms with Gasteiger partial charge in [-0.3, -0.25) is 10.1 Å². The minimum absolute atomic E-state index is 0.0383. The second-order valence-electron chi connectivity index (χ2n) is 4.74. The molecule has 7 nitrogen and oxygen atoms in total. The number of anilines is 1. The predicted octanol–water partition coefficient (Wildman–Crippen LogP) is 3.08. The second-order valence-corrected chi connectivity index (χ2v) is 4.74. The Hall–Kier alpha value is -2.44. The van der Waals surface area contributed by atoms with Gasteiger partial charge in [0.05, 0.1) is 16.7 Å². The fourth-order valence-electron chi connectivity index (χ4n) is 2.19. The Balaban J connectivity index is 2.33. The van der Waals surface area contributed by atoms with Crippen LogP contribution in [0.4, 0.5) is 11.5 Å². The molecule has 0 bridgehead atoms. The van der Waals surface area contributed by atoms with E-state index in [9.17, 15) is 10.1 Å². The van der Waals surface area contributed by atoms with Crippen LogP contribution in [0.25, 0.3) is 0 Å². The van der Waals surface area contributed by atoms with Gasteiger partial charge >= 0.3 is 5.69 Å². The van der Waals surface area contributed by atoms with Gasteiger partial charge in [0.15, 0.2) is 0 Å². The zero-order valence-corrected chi connectivity index (χ0v) is 11.8. The summed E-state index contributed by atoms with van der Waals surface area (Å²) in [6.45, 7) is 7.30. The summed E-state index contributed by atoms with van der Waals surface area (Å²) in [6.07, 6.45) is 1.59. The van der Waals surface area contributed by atoms with E-state index in [-0.39, 0.29) is 17.5 Å². The van der Waals surface area contributed by atoms with Crippen LogP contribution >= 0.6 is 0 Å². The first-order valence-corrected chi connectivity index (χ1v) is 6.20. The van der Waals surface area contributed by atoms with Gasteiger partial charge < -0.3 is 9.84 Å². The van der Waals surface area contributed by atoms with Crippen LogP contribution < -0.4 is 5.32 Å². The van der Waals surface area contributed by atoms with Gasteiger partial charge in [-0.15, -0.1) is 0 Å². The summed E-state index contributed by atoms with van der Waals surface area (Å²) in [6, 6.07) is 1.31. The molecule has 0 aromatic carbocycles. The topological polar surface area (TPSA) is 94.1 Å². The van der Waals surface area contributed by atoms with Crippen molar-refractivity contribution in [3.05, 3.63) is 45.0 Å². The number of nitro groups is 1. The third kappa shape index (κ3) is 2.61. The van der Waals surface area contributed by atoms with Crippen LogP contribution in [-0.4, -0.2) is 15.1 Å². The molecule has 0 amide bonds. The molecule has 2 heterocycles. The van der Waals surface area contributed by atoms with E-state index in [1.54, 1.807) is 13.1 Å². The standard InChI is InChI=1S/C13H16N4O3/c1-7-5-11(17(18)19)13(14-6-7)15-8(2)12-9(3)16-20-10(12)4/h5-6,8H,1-4H3,(H,14,15). The van der Waals surface area contributed by atoms with E-state index in [2.05, 4.69) is 15.5 Å². The number of nitrogens with zero attached hydrogens (tertiary/aromatic N) is 3. The van der Waals surface area contributed by atoms with Gasteiger partial charge in [-0.1, -0.05) is 5.16 Å². The van der Waals surface area contributed by atoms with Crippen LogP contribution in [0.15, 0.2) is 16.8 Å². The van der Waals surface area contributed by atoms with Gasteiger partial charge in [-0.2, -0.15) is 0 Å². The van der Waals surface area contributed by atoms with Gasteiger partial charge in [0.2, 0.25) is 5.82 Å². The smallest absolute Gasteiger partial charge is 0.311 e. The molecule has 1 unspecified atom stereocenters. The zero-order valence-electron chi connectivity index (χ0n) is 11.8. The number of nitrogens with one attached hydrogen (secondary N) is 1. The van der Waals surface area contributed by atoms with Crippen molar-refractivity contribution in [1.29, 1.82) is 0 Å². The highest BCUT2D eigenvalue weighted by Crippen LogP contribution is 2.29. The molecule has 0 aliphatic heterocycles. The molecule has 2 rings (SSSR count). The molecule has 0 saturated heterocycles. The van der Waals surface area contributed by atoms with E-state index in [1.807, 2.05) is 20.8 Å². The number of aromatic nitrogens is 2. The van der Waals surface area contributed by atoms with Crippen molar-refractivity contribution in [3.8, 4) is 0 Å². The van der Waals surface area contributed by atoms with Crippen molar-refractivity contribution in [2.24, 2.45) is 0 Å². The van der Waals surface area contributed by atoms with Crippen LogP contribution in [0.1, 0.15) is 35.5 Å². The monoisotopic (exact) mass is 276 g/mol. The maximum Gasteiger partial charge on any atom is 0.311 e. The quantitative estimate of drug-likeness (QED) is 0.681. The molecule has 7 heteroatoms. The third-order valence-electron chi connectivity index (χ3n) is 3.08. The normalized spacial score (nSPS) is 12.2. The minimum Gasteiger partial charge on any atom is -0.361 e. The highest BCUT2D eigenvalue weighted by atomic mass is 16.6. The van der Waals surface area contributed by atoms with Crippen LogP contribution in [0.5, 0.6) is 0 Å². The van der Waals surface area contributed by atoms with Crippen molar-refractivity contribution >= 4 is 11.5 Å². The summed E-state index contributed by atoms with van der Waals surface area (Å²) in [5.74, 6) is 0.936. The summed E-state index contributed by atoms with van der Waals surface area (Å²) in [4.78, 5) is 14.7. The van der Waals surface area contributed by atoms with Gasteiger partial charge in [0.25, 0.3) is 0 Å². The first-order valence-electron chi connectivity index (χ1n) is 6.20. The van der Waals surface area contributed by atoms with Crippen LogP contribution in [0.2, 0.25) is 0 Å². The first kappa shape index (κ1) is 14.0. The lowest BCUT2D eigenvalue weighted by molar-refractivity contribution is -0.384. The second kappa shape index (κ2) is 5.28. The Morgan fingerprint density at radius 1 is 1.40 bits per heavy atom. The van der Waals surface area contributed by atoms with E-state index < -0.39 is 4.92 Å². The lowest BCUT2D eigenvalue weighted by Crippen LogP contribution is -2.11. The minimum atomic E-state index is -0.442. The molecular weight excluding hydrogens is 260 g/mol. The fourth-order valence-corrected chi connectivity index (χ4v) is 2.19. The fraction of sp³-hybridized carbons (Fsp3) is 0.385. The Labute approximate surface area is 116 Å². The largest absolute Gasteiger partial charge is 0.361 e. The summed E-state index contributed by atoms with van der Waals surface area (Å²) < 4.78 is 5.11. The Kier molecular flexibility index (Phi) is 3.69. The van der Waals surface area contributed by atoms with Gasteiger partial charge in [0.1, 0.15) is 5.76 Å². The van der Waals surface area contributed by atoms with E-state index in [0.717, 1.165) is 16.8 Å². The van der Waals surface area contributed by atoms with Gasteiger partial charge in [-0.05, 0) is 33.3 Å². The van der Waals surface area contributed by atoms with Crippen molar-refractivity contribution in [2.75, 3.05) is 5.32 Å². The molecule has 106 valence electrons. The molecule has 20 heavy (non-hydrogen) atoms. The average Bonchev–Trinajstić information content (AvgIpc) is 2.71. The number of pyridine rings is 1. The van der Waals surface area contributed by atoms with Crippen LogP contribution in [0.3, 0.4) is 0 Å². The van der Waals surface area contributed by atoms with Gasteiger partial charge in [0, 0.05) is 17.8 Å². The number of hydrogen-bond acceptors (Lipinski definition) is 6. The van der Waals surface area contributed by atoms with E-state index in [0.29, 0.717) is 5.76 Å². The van der Waals surface area contributed by atoms with Crippen LogP contribution in [-0.2, 0) is 0 Å². The number of hydrogen-bond donors (Lipinski definition) is 1. The molecule has 0 saturated carbocycles. The molecule has 1 atom stereocenters. The van der Waals surface area contributed by atoms with Crippen molar-refractivity contribution in [1.82, 2.24) is 10.1 Å². The van der Waals surface area contributed by atoms with Crippen LogP contribution in [0, 0.1) is 30.9 Å². The lowest BCUT2D eigenvalue weighted by atomic mass is 10.1. The molecule has 1 N–H and O–H groups in total. The molecule has 2 aromatic heterocycles. The molecule has 0 aliphatic rings. The lowest BCUT2D eigenvalue weighted by Gasteiger charge is -2.14. The Morgan fingerprint density at radius 3 is 2.65 bits per heavy atom. The van der Waals surface area contributed by atoms with E-state index in [1.165, 1.54) is 6.07 Å². The third-order valence-corrected chi connectivity index (χ3v) is 3.08. The molecule has 0 aliphatic carbocycles. The van der Waals surface area contributed by atoms with Gasteiger partial charge in [-0.25, -0.2) is 4.98 Å². The average molecular weight is 276 g/mol. The Morgan fingerprint density at radius 2 is 2.10 bits per heavy atom. The van der Waals surface area contributed by atoms with E-state index >= 15 is 0 Å². The molecule has 0 fully saturated rings. The maximum absolute atomic E-state index is 11.1. The molecule has 0 radical (unpaired) electrons.